The molecular formula is C21H32O2. The predicted molar refractivity (Wildman–Crippen MR) is 97.1 cm³/mol. The number of epoxide rings is 1. The number of ether oxygens (including phenoxy) is 2. The number of para-hydroxylation sites is 1. The van der Waals surface area contributed by atoms with Crippen molar-refractivity contribution in [3.05, 3.63) is 42.5 Å². The number of allylic oxidation sites excluding steroid dienone is 1. The third kappa shape index (κ3) is 8.22. The van der Waals surface area contributed by atoms with Crippen LogP contribution in [-0.4, -0.2) is 19.3 Å². The Morgan fingerprint density at radius 2 is 1.65 bits per heavy atom. The highest BCUT2D eigenvalue weighted by Crippen LogP contribution is 2.22. The second-order valence-electron chi connectivity index (χ2n) is 6.53. The van der Waals surface area contributed by atoms with Crippen molar-refractivity contribution in [3.8, 4) is 5.75 Å². The molecule has 1 aromatic rings. The summed E-state index contributed by atoms with van der Waals surface area (Å²) >= 11 is 0. The van der Waals surface area contributed by atoms with E-state index in [0.717, 1.165) is 18.8 Å². The summed E-state index contributed by atoms with van der Waals surface area (Å²) < 4.78 is 11.1. The zero-order chi connectivity index (χ0) is 16.2. The van der Waals surface area contributed by atoms with E-state index in [0.29, 0.717) is 12.7 Å². The van der Waals surface area contributed by atoms with Crippen molar-refractivity contribution in [2.75, 3.05) is 13.2 Å². The number of unbranched alkanes of at least 4 members (excludes halogenated alkanes) is 8. The Morgan fingerprint density at radius 1 is 1.00 bits per heavy atom. The Balaban J connectivity index is 1.51. The molecule has 2 heteroatoms. The maximum absolute atomic E-state index is 5.87. The van der Waals surface area contributed by atoms with Crippen molar-refractivity contribution >= 4 is 0 Å². The van der Waals surface area contributed by atoms with E-state index in [1.807, 2.05) is 6.08 Å². The van der Waals surface area contributed by atoms with E-state index in [2.05, 4.69) is 30.8 Å². The van der Waals surface area contributed by atoms with Crippen molar-refractivity contribution in [2.45, 2.75) is 70.3 Å². The normalized spacial score (nSPS) is 16.3. The van der Waals surface area contributed by atoms with Crippen LogP contribution >= 0.6 is 0 Å². The molecule has 0 bridgehead atoms. The molecule has 1 saturated heterocycles. The minimum atomic E-state index is 0.328. The Morgan fingerprint density at radius 3 is 2.35 bits per heavy atom. The number of rotatable bonds is 14. The molecule has 1 fully saturated rings. The van der Waals surface area contributed by atoms with Crippen molar-refractivity contribution in [1.29, 1.82) is 0 Å². The van der Waals surface area contributed by atoms with E-state index < -0.39 is 0 Å². The number of benzene rings is 1. The first kappa shape index (κ1) is 18.1. The van der Waals surface area contributed by atoms with Gasteiger partial charge in [0, 0.05) is 0 Å². The first-order valence-electron chi connectivity index (χ1n) is 9.33. The van der Waals surface area contributed by atoms with Crippen molar-refractivity contribution in [1.82, 2.24) is 0 Å². The molecule has 23 heavy (non-hydrogen) atoms. The largest absolute Gasteiger partial charge is 0.491 e. The zero-order valence-electron chi connectivity index (χ0n) is 14.5. The Labute approximate surface area is 141 Å². The highest BCUT2D eigenvalue weighted by atomic mass is 16.6. The van der Waals surface area contributed by atoms with E-state index >= 15 is 0 Å². The average molecular weight is 316 g/mol. The Bertz CT molecular complexity index is 437. The monoisotopic (exact) mass is 316 g/mol. The maximum atomic E-state index is 5.87. The molecule has 1 aliphatic heterocycles. The first-order valence-corrected chi connectivity index (χ1v) is 9.33. The van der Waals surface area contributed by atoms with Crippen molar-refractivity contribution < 1.29 is 9.47 Å². The standard InChI is InChI=1S/C21H32O2/c1-2-3-4-5-6-7-8-9-10-11-14-19-15-12-13-16-21(19)23-18-20-17-22-20/h2,12-13,15-16,20H,1,3-11,14,17-18H2. The smallest absolute Gasteiger partial charge is 0.122 e. The second kappa shape index (κ2) is 11.3. The van der Waals surface area contributed by atoms with Gasteiger partial charge in [0.05, 0.1) is 6.61 Å². The molecule has 0 amide bonds. The molecular weight excluding hydrogens is 284 g/mol. The molecule has 0 aliphatic carbocycles. The van der Waals surface area contributed by atoms with Gasteiger partial charge >= 0.3 is 0 Å². The Kier molecular flexibility index (Phi) is 8.86. The van der Waals surface area contributed by atoms with Crippen LogP contribution in [0.5, 0.6) is 5.75 Å². The summed E-state index contributed by atoms with van der Waals surface area (Å²) in [6.07, 6.45) is 15.4. The van der Waals surface area contributed by atoms with Crippen LogP contribution in [0.25, 0.3) is 0 Å². The van der Waals surface area contributed by atoms with Gasteiger partial charge in [-0.25, -0.2) is 0 Å². The van der Waals surface area contributed by atoms with Gasteiger partial charge in [0.1, 0.15) is 18.5 Å². The molecule has 1 unspecified atom stereocenters. The molecule has 0 radical (unpaired) electrons. The predicted octanol–water partition coefficient (Wildman–Crippen LogP) is 5.70. The first-order chi connectivity index (χ1) is 11.4. The summed E-state index contributed by atoms with van der Waals surface area (Å²) in [7, 11) is 0. The molecule has 1 atom stereocenters. The quantitative estimate of drug-likeness (QED) is 0.249. The fourth-order valence-corrected chi connectivity index (χ4v) is 2.86. The lowest BCUT2D eigenvalue weighted by atomic mass is 10.0. The zero-order valence-corrected chi connectivity index (χ0v) is 14.5. The molecule has 0 saturated carbocycles. The molecule has 1 heterocycles. The second-order valence-corrected chi connectivity index (χ2v) is 6.53. The lowest BCUT2D eigenvalue weighted by Crippen LogP contribution is -2.05. The fourth-order valence-electron chi connectivity index (χ4n) is 2.86. The molecule has 2 rings (SSSR count). The minimum absolute atomic E-state index is 0.328. The van der Waals surface area contributed by atoms with Gasteiger partial charge in [-0.15, -0.1) is 6.58 Å². The summed E-state index contributed by atoms with van der Waals surface area (Å²) in [4.78, 5) is 0. The van der Waals surface area contributed by atoms with Gasteiger partial charge in [0.2, 0.25) is 0 Å². The highest BCUT2D eigenvalue weighted by Gasteiger charge is 2.23. The van der Waals surface area contributed by atoms with Crippen LogP contribution in [-0.2, 0) is 11.2 Å². The van der Waals surface area contributed by atoms with E-state index in [1.165, 1.54) is 63.4 Å². The van der Waals surface area contributed by atoms with Crippen LogP contribution in [0.15, 0.2) is 36.9 Å². The van der Waals surface area contributed by atoms with Gasteiger partial charge in [-0.3, -0.25) is 0 Å². The van der Waals surface area contributed by atoms with Crippen molar-refractivity contribution in [2.24, 2.45) is 0 Å². The topological polar surface area (TPSA) is 21.8 Å². The molecule has 1 aromatic carbocycles. The Hall–Kier alpha value is -1.28. The number of aryl methyl sites for hydroxylation is 1. The number of hydrogen-bond donors (Lipinski definition) is 0. The lowest BCUT2D eigenvalue weighted by Gasteiger charge is -2.10. The summed E-state index contributed by atoms with van der Waals surface area (Å²) in [6, 6.07) is 8.45. The third-order valence-electron chi connectivity index (χ3n) is 4.40. The van der Waals surface area contributed by atoms with Crippen LogP contribution in [0.2, 0.25) is 0 Å². The fraction of sp³-hybridized carbons (Fsp3) is 0.619. The van der Waals surface area contributed by atoms with E-state index in [-0.39, 0.29) is 0 Å². The van der Waals surface area contributed by atoms with Crippen LogP contribution in [0.1, 0.15) is 63.4 Å². The average Bonchev–Trinajstić information content (AvgIpc) is 3.40. The molecule has 0 N–H and O–H groups in total. The van der Waals surface area contributed by atoms with E-state index in [4.69, 9.17) is 9.47 Å². The molecule has 1 aliphatic rings. The highest BCUT2D eigenvalue weighted by molar-refractivity contribution is 5.33. The minimum Gasteiger partial charge on any atom is -0.491 e. The third-order valence-corrected chi connectivity index (χ3v) is 4.40. The van der Waals surface area contributed by atoms with Gasteiger partial charge in [0.25, 0.3) is 0 Å². The van der Waals surface area contributed by atoms with Gasteiger partial charge in [-0.05, 0) is 37.3 Å². The van der Waals surface area contributed by atoms with Gasteiger partial charge < -0.3 is 9.47 Å². The van der Waals surface area contributed by atoms with Gasteiger partial charge in [0.15, 0.2) is 0 Å². The SMILES string of the molecule is C=CCCCCCCCCCCc1ccccc1OCC1CO1. The molecule has 2 nitrogen and oxygen atoms in total. The van der Waals surface area contributed by atoms with Crippen LogP contribution in [0.3, 0.4) is 0 Å². The summed E-state index contributed by atoms with van der Waals surface area (Å²) in [6.45, 7) is 5.32. The van der Waals surface area contributed by atoms with Crippen LogP contribution in [0, 0.1) is 0 Å². The number of hydrogen-bond acceptors (Lipinski definition) is 2. The van der Waals surface area contributed by atoms with Crippen LogP contribution < -0.4 is 4.74 Å². The summed E-state index contributed by atoms with van der Waals surface area (Å²) in [5.74, 6) is 1.05. The molecule has 0 spiro atoms. The van der Waals surface area contributed by atoms with Gasteiger partial charge in [-0.2, -0.15) is 0 Å². The summed E-state index contributed by atoms with van der Waals surface area (Å²) in [5.41, 5.74) is 1.34. The lowest BCUT2D eigenvalue weighted by molar-refractivity contribution is 0.261. The van der Waals surface area contributed by atoms with E-state index in [9.17, 15) is 0 Å². The molecule has 0 aromatic heterocycles. The summed E-state index contributed by atoms with van der Waals surface area (Å²) in [5, 5.41) is 0. The van der Waals surface area contributed by atoms with Crippen molar-refractivity contribution in [3.63, 3.8) is 0 Å². The maximum Gasteiger partial charge on any atom is 0.122 e. The van der Waals surface area contributed by atoms with E-state index in [1.54, 1.807) is 0 Å². The molecule has 128 valence electrons. The van der Waals surface area contributed by atoms with Crippen LogP contribution in [0.4, 0.5) is 0 Å². The van der Waals surface area contributed by atoms with Gasteiger partial charge in [-0.1, -0.05) is 62.8 Å².